The fourth-order valence-electron chi connectivity index (χ4n) is 1.40. The lowest BCUT2D eigenvalue weighted by Gasteiger charge is -2.11. The van der Waals surface area contributed by atoms with Gasteiger partial charge in [0.15, 0.2) is 0 Å². The van der Waals surface area contributed by atoms with E-state index in [1.807, 2.05) is 19.1 Å². The SMILES string of the molecule is CCCCOC(=O)C(C)SCc1ccc(C#N)cc1. The molecule has 0 bridgehead atoms. The van der Waals surface area contributed by atoms with Crippen LogP contribution in [-0.2, 0) is 15.3 Å². The lowest BCUT2D eigenvalue weighted by Crippen LogP contribution is -2.17. The van der Waals surface area contributed by atoms with Crippen molar-refractivity contribution in [1.29, 1.82) is 5.26 Å². The number of ether oxygens (including phenoxy) is 1. The molecule has 0 aliphatic carbocycles. The summed E-state index contributed by atoms with van der Waals surface area (Å²) >= 11 is 1.55. The number of nitriles is 1. The van der Waals surface area contributed by atoms with Gasteiger partial charge in [0.2, 0.25) is 0 Å². The molecule has 3 nitrogen and oxygen atoms in total. The first kappa shape index (κ1) is 15.6. The summed E-state index contributed by atoms with van der Waals surface area (Å²) in [5.41, 5.74) is 1.76. The molecule has 0 saturated heterocycles. The molecule has 1 atom stereocenters. The van der Waals surface area contributed by atoms with Gasteiger partial charge in [-0.05, 0) is 31.0 Å². The van der Waals surface area contributed by atoms with Crippen LogP contribution in [-0.4, -0.2) is 17.8 Å². The van der Waals surface area contributed by atoms with E-state index in [0.29, 0.717) is 12.2 Å². The second kappa shape index (κ2) is 8.60. The molecule has 4 heteroatoms. The lowest BCUT2D eigenvalue weighted by molar-refractivity contribution is -0.142. The van der Waals surface area contributed by atoms with Crippen LogP contribution in [0, 0.1) is 11.3 Å². The molecule has 0 aromatic heterocycles. The molecule has 0 fully saturated rings. The summed E-state index contributed by atoms with van der Waals surface area (Å²) in [6.45, 7) is 4.44. The number of esters is 1. The first-order valence-electron chi connectivity index (χ1n) is 6.44. The molecular weight excluding hydrogens is 258 g/mol. The van der Waals surface area contributed by atoms with E-state index in [1.54, 1.807) is 23.9 Å². The number of rotatable bonds is 7. The molecule has 1 rings (SSSR count). The van der Waals surface area contributed by atoms with Crippen LogP contribution in [0.5, 0.6) is 0 Å². The van der Waals surface area contributed by atoms with E-state index >= 15 is 0 Å². The van der Waals surface area contributed by atoms with E-state index in [4.69, 9.17) is 10.00 Å². The predicted octanol–water partition coefficient (Wildman–Crippen LogP) is 3.52. The summed E-state index contributed by atoms with van der Waals surface area (Å²) in [7, 11) is 0. The van der Waals surface area contributed by atoms with E-state index in [-0.39, 0.29) is 11.2 Å². The van der Waals surface area contributed by atoms with Crippen LogP contribution in [0.4, 0.5) is 0 Å². The van der Waals surface area contributed by atoms with Gasteiger partial charge in [-0.25, -0.2) is 0 Å². The van der Waals surface area contributed by atoms with Crippen LogP contribution >= 0.6 is 11.8 Å². The van der Waals surface area contributed by atoms with Crippen LogP contribution in [0.1, 0.15) is 37.8 Å². The number of carbonyl (C=O) groups is 1. The zero-order chi connectivity index (χ0) is 14.1. The van der Waals surface area contributed by atoms with Gasteiger partial charge < -0.3 is 4.74 Å². The minimum atomic E-state index is -0.160. The molecule has 102 valence electrons. The van der Waals surface area contributed by atoms with Gasteiger partial charge in [0.1, 0.15) is 0 Å². The second-order valence-electron chi connectivity index (χ2n) is 4.28. The van der Waals surface area contributed by atoms with Crippen LogP contribution in [0.3, 0.4) is 0 Å². The number of nitrogens with zero attached hydrogens (tertiary/aromatic N) is 1. The highest BCUT2D eigenvalue weighted by Gasteiger charge is 2.14. The van der Waals surface area contributed by atoms with Crippen molar-refractivity contribution in [2.45, 2.75) is 37.7 Å². The molecule has 1 aromatic rings. The fraction of sp³-hybridized carbons (Fsp3) is 0.467. The maximum absolute atomic E-state index is 11.7. The van der Waals surface area contributed by atoms with E-state index in [1.165, 1.54) is 0 Å². The Morgan fingerprint density at radius 2 is 2.11 bits per heavy atom. The zero-order valence-corrected chi connectivity index (χ0v) is 12.2. The van der Waals surface area contributed by atoms with E-state index < -0.39 is 0 Å². The van der Waals surface area contributed by atoms with Crippen molar-refractivity contribution in [3.63, 3.8) is 0 Å². The number of hydrogen-bond donors (Lipinski definition) is 0. The Morgan fingerprint density at radius 3 is 2.68 bits per heavy atom. The van der Waals surface area contributed by atoms with Gasteiger partial charge in [0, 0.05) is 5.75 Å². The third-order valence-electron chi connectivity index (χ3n) is 2.66. The fourth-order valence-corrected chi connectivity index (χ4v) is 2.24. The molecule has 0 amide bonds. The largest absolute Gasteiger partial charge is 0.465 e. The normalized spacial score (nSPS) is 11.6. The van der Waals surface area contributed by atoms with Crippen molar-refractivity contribution in [3.8, 4) is 6.07 Å². The average molecular weight is 277 g/mol. The highest BCUT2D eigenvalue weighted by atomic mass is 32.2. The summed E-state index contributed by atoms with van der Waals surface area (Å²) in [5, 5.41) is 8.55. The van der Waals surface area contributed by atoms with E-state index in [9.17, 15) is 4.79 Å². The summed E-state index contributed by atoms with van der Waals surface area (Å²) in [6, 6.07) is 9.50. The van der Waals surface area contributed by atoms with E-state index in [0.717, 1.165) is 24.2 Å². The van der Waals surface area contributed by atoms with Crippen molar-refractivity contribution >= 4 is 17.7 Å². The van der Waals surface area contributed by atoms with Gasteiger partial charge in [0.25, 0.3) is 0 Å². The van der Waals surface area contributed by atoms with Crippen LogP contribution < -0.4 is 0 Å². The molecule has 0 aliphatic rings. The third-order valence-corrected chi connectivity index (χ3v) is 3.85. The van der Waals surface area contributed by atoms with E-state index in [2.05, 4.69) is 13.0 Å². The van der Waals surface area contributed by atoms with Gasteiger partial charge in [0.05, 0.1) is 23.5 Å². The first-order chi connectivity index (χ1) is 9.17. The zero-order valence-electron chi connectivity index (χ0n) is 11.4. The highest BCUT2D eigenvalue weighted by Crippen LogP contribution is 2.19. The maximum Gasteiger partial charge on any atom is 0.318 e. The monoisotopic (exact) mass is 277 g/mol. The first-order valence-corrected chi connectivity index (χ1v) is 7.49. The average Bonchev–Trinajstić information content (AvgIpc) is 2.45. The van der Waals surface area contributed by atoms with Gasteiger partial charge in [-0.15, -0.1) is 11.8 Å². The number of unbranched alkanes of at least 4 members (excludes halogenated alkanes) is 1. The Labute approximate surface area is 119 Å². The molecule has 0 radical (unpaired) electrons. The van der Waals surface area contributed by atoms with Crippen LogP contribution in [0.25, 0.3) is 0 Å². The van der Waals surface area contributed by atoms with Crippen molar-refractivity contribution in [1.82, 2.24) is 0 Å². The Hall–Kier alpha value is -1.47. The molecule has 0 heterocycles. The molecule has 0 spiro atoms. The molecule has 0 saturated carbocycles. The van der Waals surface area contributed by atoms with Crippen molar-refractivity contribution in [2.75, 3.05) is 6.61 Å². The molecule has 0 N–H and O–H groups in total. The van der Waals surface area contributed by atoms with Gasteiger partial charge in [-0.2, -0.15) is 5.26 Å². The molecule has 1 unspecified atom stereocenters. The minimum Gasteiger partial charge on any atom is -0.465 e. The van der Waals surface area contributed by atoms with Gasteiger partial charge in [-0.3, -0.25) is 4.79 Å². The Balaban J connectivity index is 2.34. The minimum absolute atomic E-state index is 0.146. The van der Waals surface area contributed by atoms with Crippen LogP contribution in [0.15, 0.2) is 24.3 Å². The van der Waals surface area contributed by atoms with Crippen LogP contribution in [0.2, 0.25) is 0 Å². The van der Waals surface area contributed by atoms with Gasteiger partial charge >= 0.3 is 5.97 Å². The summed E-state index contributed by atoms with van der Waals surface area (Å²) in [4.78, 5) is 11.7. The molecular formula is C15H19NO2S. The van der Waals surface area contributed by atoms with Crippen molar-refractivity contribution in [3.05, 3.63) is 35.4 Å². The molecule has 1 aromatic carbocycles. The Kier molecular flexibility index (Phi) is 7.06. The smallest absolute Gasteiger partial charge is 0.318 e. The predicted molar refractivity (Wildman–Crippen MR) is 77.8 cm³/mol. The molecule has 0 aliphatic heterocycles. The van der Waals surface area contributed by atoms with Crippen molar-refractivity contribution in [2.24, 2.45) is 0 Å². The Morgan fingerprint density at radius 1 is 1.42 bits per heavy atom. The number of hydrogen-bond acceptors (Lipinski definition) is 4. The topological polar surface area (TPSA) is 50.1 Å². The summed E-state index contributed by atoms with van der Waals surface area (Å²) in [5.74, 6) is 0.600. The third kappa shape index (κ3) is 5.80. The van der Waals surface area contributed by atoms with Gasteiger partial charge in [-0.1, -0.05) is 25.5 Å². The van der Waals surface area contributed by atoms with Crippen molar-refractivity contribution < 1.29 is 9.53 Å². The summed E-state index contributed by atoms with van der Waals surface area (Å²) < 4.78 is 5.17. The standard InChI is InChI=1S/C15H19NO2S/c1-3-4-9-18-15(17)12(2)19-11-14-7-5-13(10-16)6-8-14/h5-8,12H,3-4,9,11H2,1-2H3. The number of thioether (sulfide) groups is 1. The number of carbonyl (C=O) groups excluding carboxylic acids is 1. The Bertz CT molecular complexity index is 436. The number of benzene rings is 1. The lowest BCUT2D eigenvalue weighted by atomic mass is 10.2. The quantitative estimate of drug-likeness (QED) is 0.565. The summed E-state index contributed by atoms with van der Waals surface area (Å²) in [6.07, 6.45) is 1.94. The second-order valence-corrected chi connectivity index (χ2v) is 5.61. The highest BCUT2D eigenvalue weighted by molar-refractivity contribution is 7.99. The maximum atomic E-state index is 11.7. The molecule has 19 heavy (non-hydrogen) atoms.